The van der Waals surface area contributed by atoms with Crippen LogP contribution in [0, 0.1) is 11.6 Å². The molecule has 0 aliphatic carbocycles. The van der Waals surface area contributed by atoms with Crippen molar-refractivity contribution in [2.24, 2.45) is 0 Å². The van der Waals surface area contributed by atoms with Crippen LogP contribution in [0.15, 0.2) is 12.1 Å². The molecule has 0 bridgehead atoms. The molecule has 2 nitrogen and oxygen atoms in total. The monoisotopic (exact) mass is 214 g/mol. The number of aldehydes is 1. The molecule has 0 N–H and O–H groups in total. The maximum Gasteiger partial charge on any atom is 0.155 e. The average Bonchev–Trinajstić information content (AvgIpc) is 2.18. The van der Waals surface area contributed by atoms with E-state index in [0.717, 1.165) is 25.0 Å². The molecule has 4 heteroatoms. The highest BCUT2D eigenvalue weighted by molar-refractivity contribution is 5.75. The summed E-state index contributed by atoms with van der Waals surface area (Å²) in [5.74, 6) is -1.67. The molecule has 0 saturated heterocycles. The van der Waals surface area contributed by atoms with E-state index in [1.807, 2.05) is 6.92 Å². The Morgan fingerprint density at radius 3 is 2.40 bits per heavy atom. The van der Waals surface area contributed by atoms with Crippen LogP contribution in [-0.2, 0) is 0 Å². The van der Waals surface area contributed by atoms with Gasteiger partial charge in [0.2, 0.25) is 0 Å². The predicted molar refractivity (Wildman–Crippen MR) is 52.1 cm³/mol. The summed E-state index contributed by atoms with van der Waals surface area (Å²) in [6.45, 7) is 2.40. The number of hydrogen-bond donors (Lipinski definition) is 0. The van der Waals surface area contributed by atoms with E-state index >= 15 is 0 Å². The summed E-state index contributed by atoms with van der Waals surface area (Å²) in [6, 6.07) is 2.03. The van der Waals surface area contributed by atoms with Gasteiger partial charge in [0.05, 0.1) is 12.2 Å². The zero-order valence-corrected chi connectivity index (χ0v) is 8.43. The van der Waals surface area contributed by atoms with Crippen LogP contribution in [-0.4, -0.2) is 12.9 Å². The fourth-order valence-electron chi connectivity index (χ4n) is 1.09. The Morgan fingerprint density at radius 1 is 1.33 bits per heavy atom. The quantitative estimate of drug-likeness (QED) is 0.556. The normalized spacial score (nSPS) is 10.1. The molecule has 82 valence electrons. The minimum Gasteiger partial charge on any atom is -0.493 e. The molecule has 0 amide bonds. The van der Waals surface area contributed by atoms with E-state index in [0.29, 0.717) is 6.61 Å². The van der Waals surface area contributed by atoms with Crippen LogP contribution in [0.25, 0.3) is 0 Å². The Kier molecular flexibility index (Phi) is 4.21. The Hall–Kier alpha value is -1.45. The standard InChI is InChI=1S/C11H12F2O2/c1-2-3-4-15-8-5-10(12)9(7-14)11(13)6-8/h5-7H,2-4H2,1H3. The van der Waals surface area contributed by atoms with Gasteiger partial charge < -0.3 is 4.74 Å². The van der Waals surface area contributed by atoms with E-state index in [-0.39, 0.29) is 12.0 Å². The van der Waals surface area contributed by atoms with Gasteiger partial charge in [0.1, 0.15) is 17.4 Å². The Balaban J connectivity index is 2.79. The first-order chi connectivity index (χ1) is 7.19. The summed E-state index contributed by atoms with van der Waals surface area (Å²) in [7, 11) is 0. The maximum atomic E-state index is 13.1. The molecule has 1 aromatic carbocycles. The van der Waals surface area contributed by atoms with Gasteiger partial charge in [-0.2, -0.15) is 0 Å². The molecule has 0 aliphatic rings. The zero-order chi connectivity index (χ0) is 11.3. The molecule has 0 saturated carbocycles. The van der Waals surface area contributed by atoms with E-state index in [9.17, 15) is 13.6 Å². The summed E-state index contributed by atoms with van der Waals surface area (Å²) in [5, 5.41) is 0. The van der Waals surface area contributed by atoms with E-state index in [4.69, 9.17) is 4.74 Å². The molecule has 0 aromatic heterocycles. The van der Waals surface area contributed by atoms with Gasteiger partial charge in [-0.3, -0.25) is 4.79 Å². The largest absolute Gasteiger partial charge is 0.493 e. The third-order valence-corrected chi connectivity index (χ3v) is 1.94. The van der Waals surface area contributed by atoms with Crippen molar-refractivity contribution in [1.29, 1.82) is 0 Å². The molecule has 1 rings (SSSR count). The summed E-state index contributed by atoms with van der Waals surface area (Å²) in [5.41, 5.74) is -0.558. The van der Waals surface area contributed by atoms with Crippen molar-refractivity contribution >= 4 is 6.29 Å². The molecule has 0 unspecified atom stereocenters. The number of unbranched alkanes of at least 4 members (excludes halogenated alkanes) is 1. The number of hydrogen-bond acceptors (Lipinski definition) is 2. The highest BCUT2D eigenvalue weighted by Crippen LogP contribution is 2.19. The van der Waals surface area contributed by atoms with E-state index in [1.54, 1.807) is 0 Å². The number of benzene rings is 1. The summed E-state index contributed by atoms with van der Waals surface area (Å²) in [4.78, 5) is 10.3. The van der Waals surface area contributed by atoms with Crippen LogP contribution in [0.5, 0.6) is 5.75 Å². The Bertz CT molecular complexity index is 327. The predicted octanol–water partition coefficient (Wildman–Crippen LogP) is 2.96. The maximum absolute atomic E-state index is 13.1. The van der Waals surface area contributed by atoms with Gasteiger partial charge in [-0.05, 0) is 6.42 Å². The molecule has 0 heterocycles. The fourth-order valence-corrected chi connectivity index (χ4v) is 1.09. The van der Waals surface area contributed by atoms with Crippen LogP contribution in [0.4, 0.5) is 8.78 Å². The van der Waals surface area contributed by atoms with Crippen molar-refractivity contribution in [3.63, 3.8) is 0 Å². The topological polar surface area (TPSA) is 26.3 Å². The molecular formula is C11H12F2O2. The second-order valence-corrected chi connectivity index (χ2v) is 3.12. The van der Waals surface area contributed by atoms with Gasteiger partial charge in [-0.1, -0.05) is 13.3 Å². The van der Waals surface area contributed by atoms with Crippen molar-refractivity contribution < 1.29 is 18.3 Å². The second-order valence-electron chi connectivity index (χ2n) is 3.12. The summed E-state index contributed by atoms with van der Waals surface area (Å²) in [6.07, 6.45) is 1.91. The van der Waals surface area contributed by atoms with Crippen molar-refractivity contribution in [3.8, 4) is 5.75 Å². The average molecular weight is 214 g/mol. The van der Waals surface area contributed by atoms with Gasteiger partial charge >= 0.3 is 0 Å². The third-order valence-electron chi connectivity index (χ3n) is 1.94. The number of ether oxygens (including phenoxy) is 1. The van der Waals surface area contributed by atoms with E-state index in [1.165, 1.54) is 0 Å². The first-order valence-electron chi connectivity index (χ1n) is 4.76. The molecule has 0 radical (unpaired) electrons. The first-order valence-corrected chi connectivity index (χ1v) is 4.76. The molecular weight excluding hydrogens is 202 g/mol. The van der Waals surface area contributed by atoms with Crippen molar-refractivity contribution in [3.05, 3.63) is 29.3 Å². The molecule has 1 aromatic rings. The lowest BCUT2D eigenvalue weighted by atomic mass is 10.2. The zero-order valence-electron chi connectivity index (χ0n) is 8.43. The Labute approximate surface area is 86.9 Å². The molecule has 0 spiro atoms. The molecule has 0 fully saturated rings. The number of rotatable bonds is 5. The van der Waals surface area contributed by atoms with Crippen LogP contribution in [0.2, 0.25) is 0 Å². The van der Waals surface area contributed by atoms with Crippen LogP contribution < -0.4 is 4.74 Å². The van der Waals surface area contributed by atoms with E-state index < -0.39 is 17.2 Å². The number of carbonyl (C=O) groups excluding carboxylic acids is 1. The fraction of sp³-hybridized carbons (Fsp3) is 0.364. The minimum absolute atomic E-state index is 0.115. The van der Waals surface area contributed by atoms with Crippen molar-refractivity contribution in [1.82, 2.24) is 0 Å². The smallest absolute Gasteiger partial charge is 0.155 e. The SMILES string of the molecule is CCCCOc1cc(F)c(C=O)c(F)c1. The van der Waals surface area contributed by atoms with Gasteiger partial charge in [0.15, 0.2) is 6.29 Å². The summed E-state index contributed by atoms with van der Waals surface area (Å²) < 4.78 is 31.3. The van der Waals surface area contributed by atoms with E-state index in [2.05, 4.69) is 0 Å². The lowest BCUT2D eigenvalue weighted by Gasteiger charge is -2.06. The number of carbonyl (C=O) groups is 1. The van der Waals surface area contributed by atoms with Crippen LogP contribution in [0.3, 0.4) is 0 Å². The lowest BCUT2D eigenvalue weighted by molar-refractivity contribution is 0.111. The van der Waals surface area contributed by atoms with Gasteiger partial charge in [0.25, 0.3) is 0 Å². The Morgan fingerprint density at radius 2 is 1.93 bits per heavy atom. The van der Waals surface area contributed by atoms with Crippen molar-refractivity contribution in [2.45, 2.75) is 19.8 Å². The first kappa shape index (κ1) is 11.6. The van der Waals surface area contributed by atoms with Crippen molar-refractivity contribution in [2.75, 3.05) is 6.61 Å². The highest BCUT2D eigenvalue weighted by Gasteiger charge is 2.10. The van der Waals surface area contributed by atoms with Gasteiger partial charge in [-0.25, -0.2) is 8.78 Å². The van der Waals surface area contributed by atoms with Gasteiger partial charge in [0, 0.05) is 12.1 Å². The minimum atomic E-state index is -0.892. The lowest BCUT2D eigenvalue weighted by Crippen LogP contribution is -2.00. The molecule has 0 aliphatic heterocycles. The van der Waals surface area contributed by atoms with Crippen LogP contribution >= 0.6 is 0 Å². The second kappa shape index (κ2) is 5.44. The van der Waals surface area contributed by atoms with Gasteiger partial charge in [-0.15, -0.1) is 0 Å². The highest BCUT2D eigenvalue weighted by atomic mass is 19.1. The molecule has 0 atom stereocenters. The third kappa shape index (κ3) is 3.01. The molecule has 15 heavy (non-hydrogen) atoms. The summed E-state index contributed by atoms with van der Waals surface area (Å²) >= 11 is 0. The number of halogens is 2. The van der Waals surface area contributed by atoms with Crippen LogP contribution in [0.1, 0.15) is 30.1 Å².